The fraction of sp³-hybridized carbons (Fsp3) is 0.200. The van der Waals surface area contributed by atoms with E-state index in [9.17, 15) is 4.39 Å². The average molecular weight is 308 g/mol. The van der Waals surface area contributed by atoms with E-state index in [4.69, 9.17) is 0 Å². The first kappa shape index (κ1) is 13.2. The van der Waals surface area contributed by atoms with Gasteiger partial charge in [0, 0.05) is 10.5 Å². The molecule has 0 heterocycles. The normalized spacial score (nSPS) is 12.4. The minimum absolute atomic E-state index is 0.111. The molecular formula is C15H15BrFN. The molecule has 0 bridgehead atoms. The molecule has 3 heteroatoms. The van der Waals surface area contributed by atoms with Gasteiger partial charge >= 0.3 is 0 Å². The highest BCUT2D eigenvalue weighted by Crippen LogP contribution is 2.23. The minimum Gasteiger partial charge on any atom is -0.313 e. The molecule has 2 aromatic rings. The van der Waals surface area contributed by atoms with Crippen LogP contribution < -0.4 is 5.32 Å². The van der Waals surface area contributed by atoms with Crippen molar-refractivity contribution in [1.82, 2.24) is 5.32 Å². The highest BCUT2D eigenvalue weighted by Gasteiger charge is 2.11. The monoisotopic (exact) mass is 307 g/mol. The molecule has 1 unspecified atom stereocenters. The van der Waals surface area contributed by atoms with Gasteiger partial charge in [-0.15, -0.1) is 0 Å². The smallest absolute Gasteiger partial charge is 0.124 e. The molecule has 0 amide bonds. The van der Waals surface area contributed by atoms with Gasteiger partial charge in [0.15, 0.2) is 0 Å². The summed E-state index contributed by atoms with van der Waals surface area (Å²) in [5.41, 5.74) is 2.19. The second kappa shape index (κ2) is 6.12. The van der Waals surface area contributed by atoms with Crippen LogP contribution >= 0.6 is 15.9 Å². The highest BCUT2D eigenvalue weighted by molar-refractivity contribution is 9.10. The van der Waals surface area contributed by atoms with Gasteiger partial charge in [0.2, 0.25) is 0 Å². The summed E-state index contributed by atoms with van der Waals surface area (Å²) >= 11 is 3.33. The summed E-state index contributed by atoms with van der Waals surface area (Å²) in [6, 6.07) is 15.3. The van der Waals surface area contributed by atoms with Crippen LogP contribution in [0.15, 0.2) is 53.0 Å². The van der Waals surface area contributed by atoms with Crippen LogP contribution in [-0.2, 0) is 6.42 Å². The Labute approximate surface area is 115 Å². The molecule has 1 nitrogen and oxygen atoms in total. The van der Waals surface area contributed by atoms with Gasteiger partial charge in [-0.25, -0.2) is 4.39 Å². The molecule has 0 saturated carbocycles. The van der Waals surface area contributed by atoms with Crippen LogP contribution in [0.5, 0.6) is 0 Å². The molecule has 0 aliphatic heterocycles. The first-order valence-electron chi connectivity index (χ1n) is 5.86. The van der Waals surface area contributed by atoms with Gasteiger partial charge in [-0.3, -0.25) is 0 Å². The fourth-order valence-corrected chi connectivity index (χ4v) is 2.50. The van der Waals surface area contributed by atoms with Crippen LogP contribution in [0.4, 0.5) is 4.39 Å². The van der Waals surface area contributed by atoms with E-state index >= 15 is 0 Å². The third-order valence-electron chi connectivity index (χ3n) is 2.92. The zero-order valence-corrected chi connectivity index (χ0v) is 11.7. The Kier molecular flexibility index (Phi) is 4.50. The summed E-state index contributed by atoms with van der Waals surface area (Å²) in [7, 11) is 1.90. The van der Waals surface area contributed by atoms with Gasteiger partial charge in [-0.2, -0.15) is 0 Å². The van der Waals surface area contributed by atoms with E-state index in [1.165, 1.54) is 11.6 Å². The topological polar surface area (TPSA) is 12.0 Å². The Balaban J connectivity index is 2.23. The summed E-state index contributed by atoms with van der Waals surface area (Å²) in [5, 5.41) is 3.23. The fourth-order valence-electron chi connectivity index (χ4n) is 2.01. The summed E-state index contributed by atoms with van der Waals surface area (Å²) in [6.45, 7) is 0. The van der Waals surface area contributed by atoms with Gasteiger partial charge in [-0.1, -0.05) is 46.3 Å². The Hall–Kier alpha value is -1.19. The quantitative estimate of drug-likeness (QED) is 0.897. The van der Waals surface area contributed by atoms with Gasteiger partial charge in [-0.05, 0) is 42.8 Å². The van der Waals surface area contributed by atoms with Crippen molar-refractivity contribution < 1.29 is 4.39 Å². The Morgan fingerprint density at radius 1 is 1.17 bits per heavy atom. The largest absolute Gasteiger partial charge is 0.313 e. The number of nitrogens with one attached hydrogen (secondary N) is 1. The van der Waals surface area contributed by atoms with Crippen molar-refractivity contribution >= 4 is 15.9 Å². The van der Waals surface area contributed by atoms with Crippen LogP contribution in [0.3, 0.4) is 0 Å². The lowest BCUT2D eigenvalue weighted by Crippen LogP contribution is -2.19. The number of rotatable bonds is 4. The maximum Gasteiger partial charge on any atom is 0.124 e. The number of hydrogen-bond acceptors (Lipinski definition) is 1. The molecule has 0 aliphatic carbocycles. The zero-order chi connectivity index (χ0) is 13.0. The predicted molar refractivity (Wildman–Crippen MR) is 76.0 cm³/mol. The summed E-state index contributed by atoms with van der Waals surface area (Å²) < 4.78 is 14.2. The second-order valence-electron chi connectivity index (χ2n) is 4.23. The first-order chi connectivity index (χ1) is 8.69. The molecule has 0 saturated heterocycles. The Morgan fingerprint density at radius 2 is 1.89 bits per heavy atom. The van der Waals surface area contributed by atoms with Crippen molar-refractivity contribution in [2.24, 2.45) is 0 Å². The van der Waals surface area contributed by atoms with Crippen LogP contribution in [-0.4, -0.2) is 7.05 Å². The molecule has 1 atom stereocenters. The molecule has 2 aromatic carbocycles. The van der Waals surface area contributed by atoms with E-state index < -0.39 is 0 Å². The minimum atomic E-state index is -0.215. The van der Waals surface area contributed by atoms with E-state index in [-0.39, 0.29) is 11.9 Å². The van der Waals surface area contributed by atoms with Crippen LogP contribution in [0.1, 0.15) is 17.2 Å². The predicted octanol–water partition coefficient (Wildman–Crippen LogP) is 4.09. The third kappa shape index (κ3) is 3.40. The standard InChI is InChI=1S/C15H15BrFN/c1-18-15(7-11-5-3-2-4-6-11)12-8-13(16)10-14(17)9-12/h2-6,8-10,15,18H,7H2,1H3. The van der Waals surface area contributed by atoms with E-state index in [1.54, 1.807) is 6.07 Å². The Morgan fingerprint density at radius 3 is 2.50 bits per heavy atom. The maximum atomic E-state index is 13.4. The van der Waals surface area contributed by atoms with Crippen LogP contribution in [0.25, 0.3) is 0 Å². The van der Waals surface area contributed by atoms with E-state index in [1.807, 2.05) is 31.3 Å². The van der Waals surface area contributed by atoms with Crippen molar-refractivity contribution in [3.8, 4) is 0 Å². The van der Waals surface area contributed by atoms with E-state index in [0.717, 1.165) is 16.5 Å². The lowest BCUT2D eigenvalue weighted by Gasteiger charge is -2.17. The average Bonchev–Trinajstić information content (AvgIpc) is 2.36. The van der Waals surface area contributed by atoms with E-state index in [2.05, 4.69) is 33.4 Å². The van der Waals surface area contributed by atoms with Crippen LogP contribution in [0, 0.1) is 5.82 Å². The second-order valence-corrected chi connectivity index (χ2v) is 5.15. The summed E-state index contributed by atoms with van der Waals surface area (Å²) in [5.74, 6) is -0.215. The molecule has 2 rings (SSSR count). The lowest BCUT2D eigenvalue weighted by atomic mass is 9.99. The molecule has 0 aliphatic rings. The molecule has 0 aromatic heterocycles. The zero-order valence-electron chi connectivity index (χ0n) is 10.2. The van der Waals surface area contributed by atoms with Gasteiger partial charge < -0.3 is 5.32 Å². The lowest BCUT2D eigenvalue weighted by molar-refractivity contribution is 0.576. The van der Waals surface area contributed by atoms with Crippen LogP contribution in [0.2, 0.25) is 0 Å². The molecule has 94 valence electrons. The first-order valence-corrected chi connectivity index (χ1v) is 6.65. The Bertz CT molecular complexity index is 493. The van der Waals surface area contributed by atoms with Crippen molar-refractivity contribution in [3.63, 3.8) is 0 Å². The number of likely N-dealkylation sites (N-methyl/N-ethyl adjacent to an activating group) is 1. The van der Waals surface area contributed by atoms with Crippen molar-refractivity contribution in [1.29, 1.82) is 0 Å². The van der Waals surface area contributed by atoms with Crippen molar-refractivity contribution in [3.05, 3.63) is 69.9 Å². The van der Waals surface area contributed by atoms with Crippen molar-refractivity contribution in [2.75, 3.05) is 7.05 Å². The van der Waals surface area contributed by atoms with Gasteiger partial charge in [0.05, 0.1) is 0 Å². The summed E-state index contributed by atoms with van der Waals surface area (Å²) in [4.78, 5) is 0. The highest BCUT2D eigenvalue weighted by atomic mass is 79.9. The molecule has 0 radical (unpaired) electrons. The van der Waals surface area contributed by atoms with E-state index in [0.29, 0.717) is 0 Å². The SMILES string of the molecule is CNC(Cc1ccccc1)c1cc(F)cc(Br)c1. The molecule has 18 heavy (non-hydrogen) atoms. The molecule has 1 N–H and O–H groups in total. The third-order valence-corrected chi connectivity index (χ3v) is 3.38. The molecule has 0 spiro atoms. The molecular weight excluding hydrogens is 293 g/mol. The number of halogens is 2. The van der Waals surface area contributed by atoms with Crippen molar-refractivity contribution in [2.45, 2.75) is 12.5 Å². The number of hydrogen-bond donors (Lipinski definition) is 1. The molecule has 0 fully saturated rings. The summed E-state index contributed by atoms with van der Waals surface area (Å²) in [6.07, 6.45) is 0.841. The van der Waals surface area contributed by atoms with Gasteiger partial charge in [0.25, 0.3) is 0 Å². The number of benzene rings is 2. The van der Waals surface area contributed by atoms with Gasteiger partial charge in [0.1, 0.15) is 5.82 Å². The maximum absolute atomic E-state index is 13.4.